The van der Waals surface area contributed by atoms with Crippen molar-refractivity contribution in [2.24, 2.45) is 5.92 Å². The molecule has 1 saturated carbocycles. The molecule has 0 radical (unpaired) electrons. The maximum atomic E-state index is 11.5. The van der Waals surface area contributed by atoms with Gasteiger partial charge < -0.3 is 10.4 Å². The maximum Gasteiger partial charge on any atom is 0.354 e. The lowest BCUT2D eigenvalue weighted by atomic mass is 9.79. The lowest BCUT2D eigenvalue weighted by Crippen LogP contribution is -2.29. The molecule has 2 N–H and O–H groups in total. The van der Waals surface area contributed by atoms with Crippen LogP contribution in [0.5, 0.6) is 0 Å². The minimum atomic E-state index is -0.929. The largest absolute Gasteiger partial charge is 0.476 e. The molecule has 5 heteroatoms. The molecule has 0 amide bonds. The molecule has 21 heavy (non-hydrogen) atoms. The molecule has 2 atom stereocenters. The van der Waals surface area contributed by atoms with Crippen LogP contribution in [0.25, 0.3) is 0 Å². The second kappa shape index (κ2) is 6.10. The van der Waals surface area contributed by atoms with E-state index in [4.69, 9.17) is 4.98 Å². The van der Waals surface area contributed by atoms with Crippen LogP contribution in [0.4, 0.5) is 0 Å². The minimum absolute atomic E-state index is 0.209. The molecule has 114 valence electrons. The van der Waals surface area contributed by atoms with Crippen LogP contribution in [0.2, 0.25) is 0 Å². The van der Waals surface area contributed by atoms with Gasteiger partial charge >= 0.3 is 5.97 Å². The number of carbonyl (C=O) groups is 1. The third kappa shape index (κ3) is 2.93. The Morgan fingerprint density at radius 3 is 3.00 bits per heavy atom. The van der Waals surface area contributed by atoms with Crippen LogP contribution in [0.15, 0.2) is 0 Å². The third-order valence-corrected chi connectivity index (χ3v) is 4.88. The number of fused-ring (bicyclic) bond motifs is 1. The lowest BCUT2D eigenvalue weighted by Gasteiger charge is -2.28. The Morgan fingerprint density at radius 2 is 2.24 bits per heavy atom. The van der Waals surface area contributed by atoms with Gasteiger partial charge in [0.25, 0.3) is 0 Å². The van der Waals surface area contributed by atoms with Crippen molar-refractivity contribution in [3.8, 4) is 0 Å². The molecule has 3 rings (SSSR count). The first-order valence-electron chi connectivity index (χ1n) is 8.02. The number of aromatic carboxylic acids is 1. The van der Waals surface area contributed by atoms with Crippen LogP contribution in [0.1, 0.15) is 72.5 Å². The lowest BCUT2D eigenvalue weighted by molar-refractivity contribution is 0.0687. The molecule has 5 nitrogen and oxygen atoms in total. The van der Waals surface area contributed by atoms with Crippen LogP contribution in [-0.4, -0.2) is 27.6 Å². The summed E-state index contributed by atoms with van der Waals surface area (Å²) in [5, 5.41) is 12.7. The van der Waals surface area contributed by atoms with Crippen molar-refractivity contribution in [3.05, 3.63) is 22.8 Å². The smallest absolute Gasteiger partial charge is 0.354 e. The van der Waals surface area contributed by atoms with E-state index in [1.807, 2.05) is 0 Å². The standard InChI is InChI=1S/C16H23N3O2/c1-2-10-4-3-5-11(8-10)15-18-13-6-7-17-9-12(13)14(19-15)16(20)21/h10-11,17H,2-9H2,1H3,(H,20,21). The molecule has 1 aromatic heterocycles. The van der Waals surface area contributed by atoms with Gasteiger partial charge in [-0.3, -0.25) is 0 Å². The van der Waals surface area contributed by atoms with Gasteiger partial charge in [-0.1, -0.05) is 26.2 Å². The average Bonchev–Trinajstić information content (AvgIpc) is 2.53. The Kier molecular flexibility index (Phi) is 4.19. The van der Waals surface area contributed by atoms with E-state index in [0.29, 0.717) is 12.5 Å². The molecule has 0 bridgehead atoms. The fourth-order valence-corrected chi connectivity index (χ4v) is 3.62. The van der Waals surface area contributed by atoms with Gasteiger partial charge in [0.2, 0.25) is 0 Å². The zero-order valence-corrected chi connectivity index (χ0v) is 12.6. The van der Waals surface area contributed by atoms with Gasteiger partial charge in [-0.2, -0.15) is 0 Å². The zero-order valence-electron chi connectivity index (χ0n) is 12.6. The third-order valence-electron chi connectivity index (χ3n) is 4.88. The molecule has 0 aromatic carbocycles. The fourth-order valence-electron chi connectivity index (χ4n) is 3.62. The number of carboxylic acids is 1. The summed E-state index contributed by atoms with van der Waals surface area (Å²) in [4.78, 5) is 20.7. The average molecular weight is 289 g/mol. The van der Waals surface area contributed by atoms with Gasteiger partial charge in [-0.15, -0.1) is 0 Å². The van der Waals surface area contributed by atoms with E-state index in [1.54, 1.807) is 0 Å². The highest BCUT2D eigenvalue weighted by Gasteiger charge is 2.28. The molecule has 2 unspecified atom stereocenters. The van der Waals surface area contributed by atoms with Gasteiger partial charge in [0, 0.05) is 31.0 Å². The first kappa shape index (κ1) is 14.4. The summed E-state index contributed by atoms with van der Waals surface area (Å²) >= 11 is 0. The summed E-state index contributed by atoms with van der Waals surface area (Å²) in [7, 11) is 0. The Labute approximate surface area is 125 Å². The quantitative estimate of drug-likeness (QED) is 0.894. The van der Waals surface area contributed by atoms with Crippen molar-refractivity contribution in [3.63, 3.8) is 0 Å². The van der Waals surface area contributed by atoms with Crippen molar-refractivity contribution in [1.82, 2.24) is 15.3 Å². The van der Waals surface area contributed by atoms with E-state index in [2.05, 4.69) is 17.2 Å². The summed E-state index contributed by atoms with van der Waals surface area (Å²) in [5.41, 5.74) is 1.93. The van der Waals surface area contributed by atoms with Crippen LogP contribution < -0.4 is 5.32 Å². The SMILES string of the molecule is CCC1CCCC(c2nc3c(c(C(=O)O)n2)CNCC3)C1. The van der Waals surface area contributed by atoms with Gasteiger partial charge in [-0.25, -0.2) is 14.8 Å². The Bertz CT molecular complexity index is 545. The summed E-state index contributed by atoms with van der Waals surface area (Å²) in [6, 6.07) is 0. The van der Waals surface area contributed by atoms with Crippen molar-refractivity contribution in [2.45, 2.75) is 57.9 Å². The second-order valence-electron chi connectivity index (χ2n) is 6.23. The molecule has 1 fully saturated rings. The van der Waals surface area contributed by atoms with Crippen molar-refractivity contribution in [1.29, 1.82) is 0 Å². The Balaban J connectivity index is 1.95. The Morgan fingerprint density at radius 1 is 1.38 bits per heavy atom. The molecule has 1 aromatic rings. The zero-order chi connectivity index (χ0) is 14.8. The van der Waals surface area contributed by atoms with E-state index in [9.17, 15) is 9.90 Å². The summed E-state index contributed by atoms with van der Waals surface area (Å²) in [6.45, 7) is 3.67. The normalized spacial score (nSPS) is 25.4. The monoisotopic (exact) mass is 289 g/mol. The summed E-state index contributed by atoms with van der Waals surface area (Å²) in [5.74, 6) is 0.910. The van der Waals surface area contributed by atoms with Crippen LogP contribution >= 0.6 is 0 Å². The number of hydrogen-bond donors (Lipinski definition) is 2. The van der Waals surface area contributed by atoms with E-state index in [-0.39, 0.29) is 5.69 Å². The first-order valence-corrected chi connectivity index (χ1v) is 8.02. The van der Waals surface area contributed by atoms with Crippen molar-refractivity contribution in [2.75, 3.05) is 6.54 Å². The van der Waals surface area contributed by atoms with E-state index >= 15 is 0 Å². The Hall–Kier alpha value is -1.49. The number of nitrogens with zero attached hydrogens (tertiary/aromatic N) is 2. The van der Waals surface area contributed by atoms with Gasteiger partial charge in [-0.05, 0) is 18.8 Å². The highest BCUT2D eigenvalue weighted by Crippen LogP contribution is 2.36. The van der Waals surface area contributed by atoms with E-state index < -0.39 is 5.97 Å². The van der Waals surface area contributed by atoms with Gasteiger partial charge in [0.05, 0.1) is 5.69 Å². The van der Waals surface area contributed by atoms with Crippen LogP contribution in [-0.2, 0) is 13.0 Å². The molecular formula is C16H23N3O2. The van der Waals surface area contributed by atoms with E-state index in [0.717, 1.165) is 48.8 Å². The first-order chi connectivity index (χ1) is 10.2. The maximum absolute atomic E-state index is 11.5. The number of hydrogen-bond acceptors (Lipinski definition) is 4. The molecular weight excluding hydrogens is 266 g/mol. The number of rotatable bonds is 3. The van der Waals surface area contributed by atoms with E-state index in [1.165, 1.54) is 19.3 Å². The second-order valence-corrected chi connectivity index (χ2v) is 6.23. The molecule has 2 aliphatic rings. The molecule has 1 aliphatic heterocycles. The highest BCUT2D eigenvalue weighted by molar-refractivity contribution is 5.87. The van der Waals surface area contributed by atoms with Gasteiger partial charge in [0.15, 0.2) is 5.69 Å². The van der Waals surface area contributed by atoms with Crippen LogP contribution in [0, 0.1) is 5.92 Å². The predicted octanol–water partition coefficient (Wildman–Crippen LogP) is 2.50. The molecule has 0 spiro atoms. The van der Waals surface area contributed by atoms with Crippen molar-refractivity contribution >= 4 is 5.97 Å². The fraction of sp³-hybridized carbons (Fsp3) is 0.688. The highest BCUT2D eigenvalue weighted by atomic mass is 16.4. The van der Waals surface area contributed by atoms with Crippen molar-refractivity contribution < 1.29 is 9.90 Å². The molecule has 1 aliphatic carbocycles. The number of carboxylic acid groups (broad SMARTS) is 1. The summed E-state index contributed by atoms with van der Waals surface area (Å²) < 4.78 is 0. The molecule has 2 heterocycles. The summed E-state index contributed by atoms with van der Waals surface area (Å²) in [6.07, 6.45) is 6.67. The topological polar surface area (TPSA) is 75.1 Å². The van der Waals surface area contributed by atoms with Gasteiger partial charge in [0.1, 0.15) is 5.82 Å². The predicted molar refractivity (Wildman–Crippen MR) is 79.4 cm³/mol. The number of nitrogens with one attached hydrogen (secondary N) is 1. The minimum Gasteiger partial charge on any atom is -0.476 e. The molecule has 0 saturated heterocycles. The van der Waals surface area contributed by atoms with Crippen LogP contribution in [0.3, 0.4) is 0 Å². The number of aromatic nitrogens is 2.